The fourth-order valence-corrected chi connectivity index (χ4v) is 2.35. The van der Waals surface area contributed by atoms with Crippen LogP contribution < -0.4 is 5.73 Å². The van der Waals surface area contributed by atoms with Crippen LogP contribution in [0.25, 0.3) is 0 Å². The zero-order valence-electron chi connectivity index (χ0n) is 9.75. The molecule has 0 amide bonds. The van der Waals surface area contributed by atoms with Crippen LogP contribution in [-0.2, 0) is 4.74 Å². The number of nitrogens with two attached hydrogens (primary N) is 1. The highest BCUT2D eigenvalue weighted by Gasteiger charge is 2.33. The van der Waals surface area contributed by atoms with E-state index < -0.39 is 0 Å². The van der Waals surface area contributed by atoms with E-state index in [1.165, 1.54) is 25.7 Å². The van der Waals surface area contributed by atoms with Crippen LogP contribution in [0.1, 0.15) is 32.6 Å². The Morgan fingerprint density at radius 1 is 1.43 bits per heavy atom. The van der Waals surface area contributed by atoms with Crippen molar-refractivity contribution in [3.8, 4) is 0 Å². The summed E-state index contributed by atoms with van der Waals surface area (Å²) in [5, 5.41) is 0. The van der Waals surface area contributed by atoms with Crippen LogP contribution >= 0.6 is 0 Å². The highest BCUT2D eigenvalue weighted by Crippen LogP contribution is 2.27. The van der Waals surface area contributed by atoms with E-state index in [9.17, 15) is 0 Å². The zero-order chi connectivity index (χ0) is 10.6. The van der Waals surface area contributed by atoms with Crippen LogP contribution in [0, 0.1) is 0 Å². The third-order valence-corrected chi connectivity index (χ3v) is 3.62. The highest BCUT2D eigenvalue weighted by atomic mass is 16.5. The van der Waals surface area contributed by atoms with Gasteiger partial charge in [-0.3, -0.25) is 4.90 Å². The molecule has 0 bridgehead atoms. The SMILES string of the molecule is COCC(C)(CN)N(C)C1CCCC1. The lowest BCUT2D eigenvalue weighted by molar-refractivity contribution is 0.0191. The van der Waals surface area contributed by atoms with E-state index >= 15 is 0 Å². The van der Waals surface area contributed by atoms with Crippen molar-refractivity contribution in [1.29, 1.82) is 0 Å². The molecule has 0 heterocycles. The second-order valence-corrected chi connectivity index (χ2v) is 4.68. The van der Waals surface area contributed by atoms with E-state index in [0.717, 1.165) is 6.61 Å². The molecular formula is C11H24N2O. The Hall–Kier alpha value is -0.120. The molecule has 0 spiro atoms. The molecule has 84 valence electrons. The number of methoxy groups -OCH3 is 1. The lowest BCUT2D eigenvalue weighted by Crippen LogP contribution is -2.56. The summed E-state index contributed by atoms with van der Waals surface area (Å²) >= 11 is 0. The number of likely N-dealkylation sites (N-methyl/N-ethyl adjacent to an activating group) is 1. The van der Waals surface area contributed by atoms with Crippen LogP contribution in [0.4, 0.5) is 0 Å². The fourth-order valence-electron chi connectivity index (χ4n) is 2.35. The molecule has 1 aliphatic rings. The molecule has 1 aliphatic carbocycles. The molecule has 3 nitrogen and oxygen atoms in total. The van der Waals surface area contributed by atoms with Crippen LogP contribution in [0.5, 0.6) is 0 Å². The molecule has 0 aromatic heterocycles. The third-order valence-electron chi connectivity index (χ3n) is 3.62. The first-order valence-electron chi connectivity index (χ1n) is 5.56. The number of nitrogens with zero attached hydrogens (tertiary/aromatic N) is 1. The Labute approximate surface area is 87.6 Å². The smallest absolute Gasteiger partial charge is 0.0656 e. The summed E-state index contributed by atoms with van der Waals surface area (Å²) in [5.74, 6) is 0. The summed E-state index contributed by atoms with van der Waals surface area (Å²) in [6, 6.07) is 0.707. The van der Waals surface area contributed by atoms with Crippen molar-refractivity contribution in [3.63, 3.8) is 0 Å². The minimum atomic E-state index is 0.00373. The maximum absolute atomic E-state index is 5.84. The van der Waals surface area contributed by atoms with Gasteiger partial charge in [-0.1, -0.05) is 12.8 Å². The van der Waals surface area contributed by atoms with Gasteiger partial charge in [-0.05, 0) is 26.8 Å². The number of hydrogen-bond donors (Lipinski definition) is 1. The molecule has 2 N–H and O–H groups in total. The Balaban J connectivity index is 2.57. The van der Waals surface area contributed by atoms with Crippen molar-refractivity contribution in [2.24, 2.45) is 5.73 Å². The molecule has 1 unspecified atom stereocenters. The van der Waals surface area contributed by atoms with Gasteiger partial charge in [-0.2, -0.15) is 0 Å². The molecule has 1 rings (SSSR count). The molecule has 1 fully saturated rings. The van der Waals surface area contributed by atoms with Crippen molar-refractivity contribution in [2.45, 2.75) is 44.2 Å². The van der Waals surface area contributed by atoms with Crippen LogP contribution in [-0.4, -0.2) is 43.8 Å². The monoisotopic (exact) mass is 200 g/mol. The second kappa shape index (κ2) is 5.10. The molecule has 0 aliphatic heterocycles. The summed E-state index contributed by atoms with van der Waals surface area (Å²) in [6.45, 7) is 3.57. The first kappa shape index (κ1) is 12.0. The quantitative estimate of drug-likeness (QED) is 0.725. The van der Waals surface area contributed by atoms with Gasteiger partial charge >= 0.3 is 0 Å². The number of hydrogen-bond acceptors (Lipinski definition) is 3. The molecule has 0 aromatic carbocycles. The van der Waals surface area contributed by atoms with Crippen molar-refractivity contribution in [1.82, 2.24) is 4.90 Å². The molecule has 1 atom stereocenters. The largest absolute Gasteiger partial charge is 0.383 e. The van der Waals surface area contributed by atoms with Gasteiger partial charge in [0.15, 0.2) is 0 Å². The average molecular weight is 200 g/mol. The van der Waals surface area contributed by atoms with Crippen molar-refractivity contribution < 1.29 is 4.74 Å². The molecule has 3 heteroatoms. The van der Waals surface area contributed by atoms with Crippen molar-refractivity contribution in [2.75, 3.05) is 27.3 Å². The van der Waals surface area contributed by atoms with E-state index in [2.05, 4.69) is 18.9 Å². The van der Waals surface area contributed by atoms with Gasteiger partial charge in [0.1, 0.15) is 0 Å². The maximum Gasteiger partial charge on any atom is 0.0656 e. The lowest BCUT2D eigenvalue weighted by atomic mass is 9.99. The van der Waals surface area contributed by atoms with Gasteiger partial charge < -0.3 is 10.5 Å². The maximum atomic E-state index is 5.84. The fraction of sp³-hybridized carbons (Fsp3) is 1.00. The molecule has 14 heavy (non-hydrogen) atoms. The average Bonchev–Trinajstić information content (AvgIpc) is 2.69. The van der Waals surface area contributed by atoms with Crippen LogP contribution in [0.15, 0.2) is 0 Å². The van der Waals surface area contributed by atoms with E-state index in [0.29, 0.717) is 12.6 Å². The predicted octanol–water partition coefficient (Wildman–Crippen LogP) is 1.22. The summed E-state index contributed by atoms with van der Waals surface area (Å²) in [4.78, 5) is 2.42. The third kappa shape index (κ3) is 2.47. The summed E-state index contributed by atoms with van der Waals surface area (Å²) in [5.41, 5.74) is 5.84. The summed E-state index contributed by atoms with van der Waals surface area (Å²) in [6.07, 6.45) is 5.36. The zero-order valence-corrected chi connectivity index (χ0v) is 9.75. The molecule has 0 radical (unpaired) electrons. The van der Waals surface area contributed by atoms with Gasteiger partial charge in [-0.25, -0.2) is 0 Å². The molecular weight excluding hydrogens is 176 g/mol. The first-order valence-corrected chi connectivity index (χ1v) is 5.56. The van der Waals surface area contributed by atoms with E-state index in [1.807, 2.05) is 0 Å². The second-order valence-electron chi connectivity index (χ2n) is 4.68. The highest BCUT2D eigenvalue weighted by molar-refractivity contribution is 4.90. The number of ether oxygens (including phenoxy) is 1. The Kier molecular flexibility index (Phi) is 4.35. The molecule has 0 saturated heterocycles. The minimum absolute atomic E-state index is 0.00373. The summed E-state index contributed by atoms with van der Waals surface area (Å²) < 4.78 is 5.26. The minimum Gasteiger partial charge on any atom is -0.383 e. The van der Waals surface area contributed by atoms with Crippen LogP contribution in [0.3, 0.4) is 0 Å². The van der Waals surface area contributed by atoms with Gasteiger partial charge in [0, 0.05) is 19.7 Å². The first-order chi connectivity index (χ1) is 6.64. The van der Waals surface area contributed by atoms with Crippen LogP contribution in [0.2, 0.25) is 0 Å². The van der Waals surface area contributed by atoms with Gasteiger partial charge in [0.05, 0.1) is 12.1 Å². The molecule has 1 saturated carbocycles. The van der Waals surface area contributed by atoms with E-state index in [1.54, 1.807) is 7.11 Å². The molecule has 0 aromatic rings. The van der Waals surface area contributed by atoms with Crippen molar-refractivity contribution in [3.05, 3.63) is 0 Å². The van der Waals surface area contributed by atoms with Gasteiger partial charge in [0.25, 0.3) is 0 Å². The summed E-state index contributed by atoms with van der Waals surface area (Å²) in [7, 11) is 3.93. The Morgan fingerprint density at radius 3 is 2.43 bits per heavy atom. The van der Waals surface area contributed by atoms with Gasteiger partial charge in [-0.15, -0.1) is 0 Å². The predicted molar refractivity (Wildman–Crippen MR) is 59.4 cm³/mol. The van der Waals surface area contributed by atoms with E-state index in [-0.39, 0.29) is 5.54 Å². The number of rotatable bonds is 5. The Morgan fingerprint density at radius 2 is 2.00 bits per heavy atom. The lowest BCUT2D eigenvalue weighted by Gasteiger charge is -2.41. The van der Waals surface area contributed by atoms with Crippen molar-refractivity contribution >= 4 is 0 Å². The van der Waals surface area contributed by atoms with E-state index in [4.69, 9.17) is 10.5 Å². The normalized spacial score (nSPS) is 22.9. The van der Waals surface area contributed by atoms with Gasteiger partial charge in [0.2, 0.25) is 0 Å². The standard InChI is InChI=1S/C11H24N2O/c1-11(8-12,9-14-3)13(2)10-6-4-5-7-10/h10H,4-9,12H2,1-3H3. The topological polar surface area (TPSA) is 38.5 Å². The Bertz CT molecular complexity index is 169.